The molecule has 1 aromatic rings. The lowest BCUT2D eigenvalue weighted by Crippen LogP contribution is -2.16. The summed E-state index contributed by atoms with van der Waals surface area (Å²) in [6.45, 7) is 1.64. The molecule has 0 aliphatic carbocycles. The molecule has 6 nitrogen and oxygen atoms in total. The topological polar surface area (TPSA) is 76.3 Å². The quantitative estimate of drug-likeness (QED) is 0.460. The number of hydrogen-bond donors (Lipinski definition) is 2. The van der Waals surface area contributed by atoms with Crippen molar-refractivity contribution in [3.63, 3.8) is 0 Å². The second-order valence-corrected chi connectivity index (χ2v) is 3.41. The molecular formula is C9H19Cl2N5O. The summed E-state index contributed by atoms with van der Waals surface area (Å²) < 4.78 is 5.39. The van der Waals surface area contributed by atoms with Crippen LogP contribution >= 0.6 is 24.8 Å². The molecule has 100 valence electrons. The van der Waals surface area contributed by atoms with Crippen LogP contribution in [0.25, 0.3) is 0 Å². The van der Waals surface area contributed by atoms with Gasteiger partial charge in [0.1, 0.15) is 0 Å². The fraction of sp³-hybridized carbons (Fsp3) is 0.556. The van der Waals surface area contributed by atoms with Crippen molar-refractivity contribution in [3.8, 4) is 5.88 Å². The van der Waals surface area contributed by atoms with Gasteiger partial charge in [-0.15, -0.1) is 35.0 Å². The molecule has 0 amide bonds. The highest BCUT2D eigenvalue weighted by Gasteiger charge is 1.97. The van der Waals surface area contributed by atoms with E-state index in [0.29, 0.717) is 18.3 Å². The van der Waals surface area contributed by atoms with Gasteiger partial charge in [-0.2, -0.15) is 0 Å². The van der Waals surface area contributed by atoms with Gasteiger partial charge in [-0.1, -0.05) is 0 Å². The van der Waals surface area contributed by atoms with Crippen LogP contribution in [0.5, 0.6) is 5.88 Å². The smallest absolute Gasteiger partial charge is 0.233 e. The first-order valence-corrected chi connectivity index (χ1v) is 4.80. The Morgan fingerprint density at radius 1 is 1.29 bits per heavy atom. The number of ether oxygens (including phenoxy) is 1. The van der Waals surface area contributed by atoms with Gasteiger partial charge in [0.05, 0.1) is 6.61 Å². The average molecular weight is 284 g/mol. The third-order valence-electron chi connectivity index (χ3n) is 1.79. The molecule has 0 bridgehead atoms. The van der Waals surface area contributed by atoms with E-state index in [4.69, 9.17) is 10.6 Å². The van der Waals surface area contributed by atoms with Gasteiger partial charge in [-0.3, -0.25) is 0 Å². The minimum Gasteiger partial charge on any atom is -0.477 e. The monoisotopic (exact) mass is 283 g/mol. The predicted octanol–water partition coefficient (Wildman–Crippen LogP) is 0.936. The van der Waals surface area contributed by atoms with Crippen LogP contribution in [0.15, 0.2) is 12.1 Å². The van der Waals surface area contributed by atoms with Crippen LogP contribution in [0, 0.1) is 0 Å². The first-order valence-electron chi connectivity index (χ1n) is 4.80. The zero-order valence-corrected chi connectivity index (χ0v) is 11.6. The van der Waals surface area contributed by atoms with Crippen LogP contribution in [0.4, 0.5) is 5.82 Å². The van der Waals surface area contributed by atoms with E-state index >= 15 is 0 Å². The van der Waals surface area contributed by atoms with Crippen molar-refractivity contribution in [2.45, 2.75) is 6.42 Å². The maximum absolute atomic E-state index is 5.39. The fourth-order valence-electron chi connectivity index (χ4n) is 1.03. The van der Waals surface area contributed by atoms with Gasteiger partial charge in [0, 0.05) is 12.6 Å². The summed E-state index contributed by atoms with van der Waals surface area (Å²) in [6, 6.07) is 3.45. The molecule has 17 heavy (non-hydrogen) atoms. The van der Waals surface area contributed by atoms with Crippen molar-refractivity contribution in [1.29, 1.82) is 0 Å². The molecule has 1 rings (SSSR count). The van der Waals surface area contributed by atoms with E-state index in [0.717, 1.165) is 13.0 Å². The molecule has 0 aliphatic rings. The second kappa shape index (κ2) is 10.3. The maximum Gasteiger partial charge on any atom is 0.233 e. The summed E-state index contributed by atoms with van der Waals surface area (Å²) in [4.78, 5) is 2.11. The molecular weight excluding hydrogens is 265 g/mol. The molecule has 0 fully saturated rings. The van der Waals surface area contributed by atoms with E-state index in [1.54, 1.807) is 12.1 Å². The van der Waals surface area contributed by atoms with Crippen molar-refractivity contribution >= 4 is 30.6 Å². The number of hydrazine groups is 1. The predicted molar refractivity (Wildman–Crippen MR) is 73.0 cm³/mol. The van der Waals surface area contributed by atoms with Crippen molar-refractivity contribution in [2.75, 3.05) is 32.7 Å². The van der Waals surface area contributed by atoms with Gasteiger partial charge in [0.2, 0.25) is 5.88 Å². The SMILES string of the molecule is CN(C)CCCOc1ccc(NN)nn1.Cl.Cl. The lowest BCUT2D eigenvalue weighted by Gasteiger charge is -2.09. The van der Waals surface area contributed by atoms with Crippen molar-refractivity contribution in [1.82, 2.24) is 15.1 Å². The highest BCUT2D eigenvalue weighted by Crippen LogP contribution is 2.07. The summed E-state index contributed by atoms with van der Waals surface area (Å²) in [7, 11) is 4.06. The third-order valence-corrected chi connectivity index (χ3v) is 1.79. The highest BCUT2D eigenvalue weighted by molar-refractivity contribution is 5.85. The van der Waals surface area contributed by atoms with Crippen LogP contribution in [0.2, 0.25) is 0 Å². The molecule has 1 aromatic heterocycles. The van der Waals surface area contributed by atoms with E-state index in [2.05, 4.69) is 20.5 Å². The number of aromatic nitrogens is 2. The number of rotatable bonds is 6. The molecule has 3 N–H and O–H groups in total. The molecule has 0 saturated carbocycles. The molecule has 0 saturated heterocycles. The van der Waals surface area contributed by atoms with Crippen molar-refractivity contribution in [2.24, 2.45) is 5.84 Å². The Hall–Kier alpha value is -0.820. The molecule has 0 unspecified atom stereocenters. The first-order chi connectivity index (χ1) is 7.22. The van der Waals surface area contributed by atoms with E-state index in [1.165, 1.54) is 0 Å². The van der Waals surface area contributed by atoms with E-state index < -0.39 is 0 Å². The minimum absolute atomic E-state index is 0. The van der Waals surface area contributed by atoms with Crippen LogP contribution in [-0.4, -0.2) is 42.3 Å². The van der Waals surface area contributed by atoms with Gasteiger partial charge in [0.15, 0.2) is 5.82 Å². The Morgan fingerprint density at radius 2 is 2.00 bits per heavy atom. The molecule has 0 spiro atoms. The largest absolute Gasteiger partial charge is 0.477 e. The highest BCUT2D eigenvalue weighted by atomic mass is 35.5. The Kier molecular flexibility index (Phi) is 11.3. The summed E-state index contributed by atoms with van der Waals surface area (Å²) in [5.41, 5.74) is 2.40. The van der Waals surface area contributed by atoms with Crippen LogP contribution < -0.4 is 16.0 Å². The molecule has 8 heteroatoms. The van der Waals surface area contributed by atoms with Gasteiger partial charge < -0.3 is 15.1 Å². The number of nitrogens with one attached hydrogen (secondary N) is 1. The zero-order valence-electron chi connectivity index (χ0n) is 9.92. The number of hydrogen-bond acceptors (Lipinski definition) is 6. The summed E-state index contributed by atoms with van der Waals surface area (Å²) in [5, 5.41) is 7.63. The number of nitrogens with two attached hydrogens (primary N) is 1. The number of nitrogens with zero attached hydrogens (tertiary/aromatic N) is 3. The van der Waals surface area contributed by atoms with Gasteiger partial charge >= 0.3 is 0 Å². The maximum atomic E-state index is 5.39. The lowest BCUT2D eigenvalue weighted by molar-refractivity contribution is 0.271. The average Bonchev–Trinajstić information content (AvgIpc) is 2.25. The molecule has 0 radical (unpaired) electrons. The molecule has 0 aliphatic heterocycles. The Balaban J connectivity index is 0. The van der Waals surface area contributed by atoms with Crippen molar-refractivity contribution in [3.05, 3.63) is 12.1 Å². The number of halogens is 2. The number of nitrogen functional groups attached to an aromatic ring is 1. The summed E-state index contributed by atoms with van der Waals surface area (Å²) in [6.07, 6.45) is 0.964. The zero-order chi connectivity index (χ0) is 11.1. The molecule has 1 heterocycles. The van der Waals surface area contributed by atoms with Crippen LogP contribution in [0.3, 0.4) is 0 Å². The summed E-state index contributed by atoms with van der Waals surface area (Å²) in [5.74, 6) is 6.20. The molecule has 0 aromatic carbocycles. The van der Waals surface area contributed by atoms with E-state index in [1.807, 2.05) is 14.1 Å². The summed E-state index contributed by atoms with van der Waals surface area (Å²) >= 11 is 0. The van der Waals surface area contributed by atoms with Gasteiger partial charge in [-0.05, 0) is 26.6 Å². The minimum atomic E-state index is 0. The van der Waals surface area contributed by atoms with Crippen molar-refractivity contribution < 1.29 is 4.74 Å². The third kappa shape index (κ3) is 7.98. The Morgan fingerprint density at radius 3 is 2.47 bits per heavy atom. The normalized spacial score (nSPS) is 9.18. The fourth-order valence-corrected chi connectivity index (χ4v) is 1.03. The lowest BCUT2D eigenvalue weighted by atomic mass is 10.4. The second-order valence-electron chi connectivity index (χ2n) is 3.41. The standard InChI is InChI=1S/C9H17N5O.2ClH/c1-14(2)6-3-7-15-9-5-4-8(11-10)12-13-9;;/h4-5H,3,6-7,10H2,1-2H3,(H,11,12);2*1H. The van der Waals surface area contributed by atoms with Crippen LogP contribution in [-0.2, 0) is 0 Å². The van der Waals surface area contributed by atoms with Gasteiger partial charge in [-0.25, -0.2) is 5.84 Å². The van der Waals surface area contributed by atoms with E-state index in [-0.39, 0.29) is 24.8 Å². The number of anilines is 1. The first kappa shape index (κ1) is 18.5. The Bertz CT molecular complexity index is 283. The van der Waals surface area contributed by atoms with Crippen LogP contribution in [0.1, 0.15) is 6.42 Å². The molecule has 0 atom stereocenters. The van der Waals surface area contributed by atoms with Gasteiger partial charge in [0.25, 0.3) is 0 Å². The van der Waals surface area contributed by atoms with E-state index in [9.17, 15) is 0 Å². The Labute approximate surface area is 114 Å².